The number of aliphatic hydroxyl groups excluding tert-OH is 2. The van der Waals surface area contributed by atoms with Crippen molar-refractivity contribution in [1.29, 1.82) is 0 Å². The first kappa shape index (κ1) is 13.9. The molecule has 1 atom stereocenters. The van der Waals surface area contributed by atoms with Gasteiger partial charge in [-0.2, -0.15) is 0 Å². The number of carboxylic acids is 1. The second kappa shape index (κ2) is 8.45. The summed E-state index contributed by atoms with van der Waals surface area (Å²) in [6.07, 6.45) is -0.987. The topological polar surface area (TPSA) is 87.0 Å². The van der Waals surface area contributed by atoms with Crippen LogP contribution in [-0.2, 0) is 9.53 Å². The first-order valence-corrected chi connectivity index (χ1v) is 2.75. The number of carboxylic acid groups (broad SMARTS) is 1. The van der Waals surface area contributed by atoms with E-state index in [1.807, 2.05) is 0 Å². The van der Waals surface area contributed by atoms with E-state index in [9.17, 15) is 4.79 Å². The fourth-order valence-corrected chi connectivity index (χ4v) is 0.335. The van der Waals surface area contributed by atoms with E-state index >= 15 is 0 Å². The van der Waals surface area contributed by atoms with Gasteiger partial charge in [-0.05, 0) is 0 Å². The Labute approximate surface area is 87.8 Å². The molecular weight excluding hydrogens is 163 g/mol. The zero-order chi connectivity index (χ0) is 7.98. The van der Waals surface area contributed by atoms with Crippen LogP contribution in [0.4, 0.5) is 0 Å². The quantitative estimate of drug-likeness (QED) is 0.366. The number of ether oxygens (including phenoxy) is 1. The minimum Gasteiger partial charge on any atom is -1.00 e. The van der Waals surface area contributed by atoms with Gasteiger partial charge in [0.2, 0.25) is 0 Å². The van der Waals surface area contributed by atoms with Gasteiger partial charge in [0.1, 0.15) is 12.7 Å². The number of hydrogen-bond acceptors (Lipinski definition) is 4. The summed E-state index contributed by atoms with van der Waals surface area (Å²) in [5.74, 6) is -1.09. The molecule has 0 spiro atoms. The molecule has 0 aliphatic carbocycles. The van der Waals surface area contributed by atoms with Crippen LogP contribution in [0.3, 0.4) is 0 Å². The summed E-state index contributed by atoms with van der Waals surface area (Å²) >= 11 is 0. The van der Waals surface area contributed by atoms with Gasteiger partial charge in [0, 0.05) is 0 Å². The Kier molecular flexibility index (Phi) is 10.7. The maximum Gasteiger partial charge on any atom is 1.00 e. The Morgan fingerprint density at radius 3 is 2.55 bits per heavy atom. The predicted octanol–water partition coefficient (Wildman–Crippen LogP) is -4.44. The second-order valence-corrected chi connectivity index (χ2v) is 1.75. The van der Waals surface area contributed by atoms with E-state index in [1.165, 1.54) is 0 Å². The van der Waals surface area contributed by atoms with Gasteiger partial charge in [-0.3, -0.25) is 0 Å². The van der Waals surface area contributed by atoms with Crippen LogP contribution in [-0.4, -0.2) is 47.2 Å². The monoisotopic (exact) mass is 174 g/mol. The number of aliphatic carboxylic acids is 1. The van der Waals surface area contributed by atoms with E-state index in [0.717, 1.165) is 0 Å². The van der Waals surface area contributed by atoms with Gasteiger partial charge < -0.3 is 21.5 Å². The molecule has 62 valence electrons. The molecule has 0 aromatic carbocycles. The molecule has 0 radical (unpaired) electrons. The molecule has 0 bridgehead atoms. The molecule has 0 aromatic rings. The summed E-state index contributed by atoms with van der Waals surface area (Å²) in [5.41, 5.74) is 0. The second-order valence-electron chi connectivity index (χ2n) is 1.75. The van der Waals surface area contributed by atoms with Crippen LogP contribution in [0.2, 0.25) is 0 Å². The van der Waals surface area contributed by atoms with Crippen molar-refractivity contribution in [2.24, 2.45) is 0 Å². The molecule has 5 nitrogen and oxygen atoms in total. The average molecular weight is 174 g/mol. The molecule has 0 aromatic heterocycles. The van der Waals surface area contributed by atoms with Crippen molar-refractivity contribution in [3.8, 4) is 0 Å². The van der Waals surface area contributed by atoms with Gasteiger partial charge >= 0.3 is 35.5 Å². The Hall–Kier alpha value is 0.350. The molecule has 6 heteroatoms. The summed E-state index contributed by atoms with van der Waals surface area (Å²) in [6, 6.07) is 0. The van der Waals surface area contributed by atoms with E-state index in [2.05, 4.69) is 4.74 Å². The summed E-state index contributed by atoms with van der Waals surface area (Å²) in [5, 5.41) is 24.9. The molecule has 0 saturated heterocycles. The van der Waals surface area contributed by atoms with Crippen LogP contribution >= 0.6 is 0 Å². The zero-order valence-electron chi connectivity index (χ0n) is 7.36. The Morgan fingerprint density at radius 1 is 1.64 bits per heavy atom. The van der Waals surface area contributed by atoms with Gasteiger partial charge in [0.25, 0.3) is 0 Å². The standard InChI is InChI=1S/C5H10O5.Na.H/c6-1-4(7)2-10-3-5(8)9;;/h4,6-7H,1-3H2,(H,8,9);;/q;+1;-1. The van der Waals surface area contributed by atoms with Gasteiger partial charge in [-0.1, -0.05) is 0 Å². The normalized spacial score (nSPS) is 11.8. The van der Waals surface area contributed by atoms with Crippen LogP contribution < -0.4 is 29.6 Å². The number of rotatable bonds is 5. The van der Waals surface area contributed by atoms with Gasteiger partial charge in [-0.15, -0.1) is 0 Å². The fraction of sp³-hybridized carbons (Fsp3) is 0.800. The summed E-state index contributed by atoms with van der Waals surface area (Å²) in [7, 11) is 0. The molecule has 0 heterocycles. The summed E-state index contributed by atoms with van der Waals surface area (Å²) in [6.45, 7) is -1.01. The maximum absolute atomic E-state index is 9.80. The van der Waals surface area contributed by atoms with Crippen LogP contribution in [0.15, 0.2) is 0 Å². The van der Waals surface area contributed by atoms with E-state index in [1.54, 1.807) is 0 Å². The molecule has 11 heavy (non-hydrogen) atoms. The van der Waals surface area contributed by atoms with E-state index in [-0.39, 0.29) is 37.6 Å². The van der Waals surface area contributed by atoms with Crippen molar-refractivity contribution >= 4 is 5.97 Å². The number of hydrogen-bond donors (Lipinski definition) is 3. The Balaban J connectivity index is -0.000000405. The van der Waals surface area contributed by atoms with Crippen molar-refractivity contribution in [1.82, 2.24) is 0 Å². The molecule has 0 saturated carbocycles. The SMILES string of the molecule is O=C(O)COCC(O)CO.[H-].[Na+]. The number of aliphatic hydroxyl groups is 2. The zero-order valence-corrected chi connectivity index (χ0v) is 8.36. The summed E-state index contributed by atoms with van der Waals surface area (Å²) < 4.78 is 4.44. The van der Waals surface area contributed by atoms with E-state index in [4.69, 9.17) is 15.3 Å². The largest absolute Gasteiger partial charge is 1.00 e. The van der Waals surface area contributed by atoms with Crippen molar-refractivity contribution < 1.29 is 55.8 Å². The van der Waals surface area contributed by atoms with Gasteiger partial charge in [0.05, 0.1) is 13.2 Å². The van der Waals surface area contributed by atoms with E-state index in [0.29, 0.717) is 0 Å². The summed E-state index contributed by atoms with van der Waals surface area (Å²) in [4.78, 5) is 9.80. The third kappa shape index (κ3) is 10.4. The van der Waals surface area contributed by atoms with Crippen LogP contribution in [0.25, 0.3) is 0 Å². The van der Waals surface area contributed by atoms with Crippen molar-refractivity contribution in [3.05, 3.63) is 0 Å². The maximum atomic E-state index is 9.80. The fourth-order valence-electron chi connectivity index (χ4n) is 0.335. The van der Waals surface area contributed by atoms with Gasteiger partial charge in [-0.25, -0.2) is 4.79 Å². The molecule has 3 N–H and O–H groups in total. The van der Waals surface area contributed by atoms with Crippen LogP contribution in [0.5, 0.6) is 0 Å². The first-order valence-electron chi connectivity index (χ1n) is 2.75. The van der Waals surface area contributed by atoms with Crippen LogP contribution in [0.1, 0.15) is 1.43 Å². The van der Waals surface area contributed by atoms with Crippen molar-refractivity contribution in [2.75, 3.05) is 19.8 Å². The van der Waals surface area contributed by atoms with Crippen molar-refractivity contribution in [2.45, 2.75) is 6.10 Å². The minimum atomic E-state index is -1.09. The molecule has 0 fully saturated rings. The minimum absolute atomic E-state index is 0. The third-order valence-corrected chi connectivity index (χ3v) is 0.747. The first-order chi connectivity index (χ1) is 4.66. The van der Waals surface area contributed by atoms with E-state index < -0.39 is 25.3 Å². The molecule has 1 unspecified atom stereocenters. The number of carbonyl (C=O) groups is 1. The van der Waals surface area contributed by atoms with Gasteiger partial charge in [0.15, 0.2) is 0 Å². The predicted molar refractivity (Wildman–Crippen MR) is 32.7 cm³/mol. The smallest absolute Gasteiger partial charge is 1.00 e. The third-order valence-electron chi connectivity index (χ3n) is 0.747. The molecule has 0 amide bonds. The molecule has 0 rings (SSSR count). The van der Waals surface area contributed by atoms with Crippen LogP contribution in [0, 0.1) is 0 Å². The van der Waals surface area contributed by atoms with Crippen molar-refractivity contribution in [3.63, 3.8) is 0 Å². The Morgan fingerprint density at radius 2 is 2.18 bits per heavy atom. The molecule has 0 aliphatic rings. The molecule has 0 aliphatic heterocycles. The Bertz CT molecular complexity index is 112. The average Bonchev–Trinajstić information content (AvgIpc) is 1.87. The molecular formula is C5H11NaO5.